The van der Waals surface area contributed by atoms with E-state index in [9.17, 15) is 171 Å². The van der Waals surface area contributed by atoms with Crippen LogP contribution in [-0.2, 0) is 19.3 Å². The Morgan fingerprint density at radius 3 is 0.518 bits per heavy atom. The Kier molecular flexibility index (Phi) is 19.8. The van der Waals surface area contributed by atoms with E-state index in [-0.39, 0.29) is 0 Å². The monoisotopic (exact) mass is 1350 g/mol. The fraction of sp³-hybridized carbons (Fsp3) is 0.571. The summed E-state index contributed by atoms with van der Waals surface area (Å²) in [5.74, 6) is -118. The minimum atomic E-state index is -8.24. The van der Waals surface area contributed by atoms with Crippen molar-refractivity contribution < 1.29 is 185 Å². The SMILES string of the molecule is FC(F)(F)C(F)(F)C(F)(F)C(F)(F)C(F)(F)C(F)(F)CCc1ccc(OP(Oc2ccc(CCC(F)(F)C(F)(F)C(F)(F)C(F)(F)C(F)(F)C(F)(F)F)cc2)Oc2ccc(CCC(F)(F)C(F)(F)C(F)(F)C(F)(F)C(F)(F)C(F)(F)F)cc2)cc1. The van der Waals surface area contributed by atoms with Gasteiger partial charge in [-0.2, -0.15) is 171 Å². The average Bonchev–Trinajstić information content (AvgIpc) is 2.36. The quantitative estimate of drug-likeness (QED) is 0.0562. The fourth-order valence-corrected chi connectivity index (χ4v) is 7.24. The third kappa shape index (κ3) is 12.9. The second kappa shape index (κ2) is 22.7. The van der Waals surface area contributed by atoms with Gasteiger partial charge in [0.15, 0.2) is 0 Å². The maximum absolute atomic E-state index is 14.4. The molecule has 0 unspecified atom stereocenters. The van der Waals surface area contributed by atoms with Gasteiger partial charge in [-0.25, -0.2) is 0 Å². The van der Waals surface area contributed by atoms with E-state index in [2.05, 4.69) is 0 Å². The van der Waals surface area contributed by atoms with Crippen LogP contribution in [0.3, 0.4) is 0 Å². The van der Waals surface area contributed by atoms with Crippen molar-refractivity contribution in [1.82, 2.24) is 0 Å². The second-order valence-corrected chi connectivity index (χ2v) is 18.4. The molecule has 0 saturated heterocycles. The highest BCUT2D eigenvalue weighted by Gasteiger charge is 2.93. The van der Waals surface area contributed by atoms with Crippen LogP contribution in [0, 0.1) is 0 Å². The van der Waals surface area contributed by atoms with E-state index in [1.807, 2.05) is 0 Å². The molecule has 0 aliphatic rings. The summed E-state index contributed by atoms with van der Waals surface area (Å²) in [6.45, 7) is 0. The number of benzene rings is 3. The Bertz CT molecular complexity index is 2420. The number of rotatable bonds is 27. The summed E-state index contributed by atoms with van der Waals surface area (Å²) in [6.07, 6.45) is -36.5. The highest BCUT2D eigenvalue weighted by Crippen LogP contribution is 2.64. The van der Waals surface area contributed by atoms with E-state index in [1.54, 1.807) is 0 Å². The van der Waals surface area contributed by atoms with Gasteiger partial charge in [-0.3, -0.25) is 0 Å². The summed E-state index contributed by atoms with van der Waals surface area (Å²) in [6, 6.07) is 5.96. The Balaban J connectivity index is 1.96. The normalized spacial score (nSPS) is 15.4. The molecule has 488 valence electrons. The van der Waals surface area contributed by atoms with Crippen LogP contribution in [-0.4, -0.2) is 107 Å². The molecule has 0 heterocycles. The number of hydrogen-bond acceptors (Lipinski definition) is 3. The van der Waals surface area contributed by atoms with Crippen LogP contribution in [0.4, 0.5) is 171 Å². The van der Waals surface area contributed by atoms with Crippen LogP contribution >= 0.6 is 8.60 Å². The van der Waals surface area contributed by atoms with E-state index in [0.717, 1.165) is 0 Å². The van der Waals surface area contributed by atoms with Crippen LogP contribution in [0.25, 0.3) is 0 Å². The van der Waals surface area contributed by atoms with Crippen molar-refractivity contribution in [3.8, 4) is 17.2 Å². The van der Waals surface area contributed by atoms with Gasteiger partial charge >= 0.3 is 116 Å². The van der Waals surface area contributed by atoms with Crippen LogP contribution in [0.2, 0.25) is 0 Å². The Labute approximate surface area is 446 Å². The first-order valence-corrected chi connectivity index (χ1v) is 22.5. The summed E-state index contributed by atoms with van der Waals surface area (Å²) in [7, 11) is -3.42. The van der Waals surface area contributed by atoms with Gasteiger partial charge in [-0.05, 0) is 72.4 Å². The lowest BCUT2D eigenvalue weighted by atomic mass is 9.91. The van der Waals surface area contributed by atoms with Gasteiger partial charge in [-0.15, -0.1) is 0 Å². The predicted molar refractivity (Wildman–Crippen MR) is 205 cm³/mol. The summed E-state index contributed by atoms with van der Waals surface area (Å²) >= 11 is 0. The third-order valence-corrected chi connectivity index (χ3v) is 12.6. The zero-order valence-electron chi connectivity index (χ0n) is 39.6. The maximum Gasteiger partial charge on any atom is 0.530 e. The van der Waals surface area contributed by atoms with Crippen LogP contribution in [0.1, 0.15) is 36.0 Å². The third-order valence-electron chi connectivity index (χ3n) is 11.5. The largest absolute Gasteiger partial charge is 0.530 e. The van der Waals surface area contributed by atoms with E-state index in [1.165, 1.54) is 0 Å². The number of alkyl halides is 39. The Morgan fingerprint density at radius 2 is 0.365 bits per heavy atom. The molecule has 0 N–H and O–H groups in total. The molecule has 3 aromatic rings. The lowest BCUT2D eigenvalue weighted by Crippen LogP contribution is -2.70. The Hall–Kier alpha value is -5.24. The highest BCUT2D eigenvalue weighted by atomic mass is 31.2. The fourth-order valence-electron chi connectivity index (χ4n) is 6.25. The molecule has 0 bridgehead atoms. The van der Waals surface area contributed by atoms with E-state index < -0.39 is 188 Å². The maximum atomic E-state index is 14.4. The molecule has 0 spiro atoms. The summed E-state index contributed by atoms with van der Waals surface area (Å²) < 4.78 is 544. The minimum absolute atomic E-state index is 0.474. The molecule has 0 aliphatic carbocycles. The van der Waals surface area contributed by atoms with Gasteiger partial charge < -0.3 is 13.6 Å². The molecule has 0 fully saturated rings. The van der Waals surface area contributed by atoms with Crippen molar-refractivity contribution in [3.05, 3.63) is 89.5 Å². The van der Waals surface area contributed by atoms with Crippen molar-refractivity contribution >= 4 is 8.60 Å². The molecule has 85 heavy (non-hydrogen) atoms. The molecule has 3 aromatic carbocycles. The first-order valence-electron chi connectivity index (χ1n) is 21.4. The minimum Gasteiger partial charge on any atom is -0.409 e. The van der Waals surface area contributed by atoms with Crippen LogP contribution < -0.4 is 13.6 Å². The summed E-state index contributed by atoms with van der Waals surface area (Å²) in [5, 5.41) is 0. The smallest absolute Gasteiger partial charge is 0.409 e. The van der Waals surface area contributed by atoms with Crippen LogP contribution in [0.15, 0.2) is 72.8 Å². The molecule has 0 saturated carbocycles. The van der Waals surface area contributed by atoms with Gasteiger partial charge in [0.1, 0.15) is 17.2 Å². The zero-order valence-corrected chi connectivity index (χ0v) is 40.5. The molecule has 0 atom stereocenters. The first kappa shape index (κ1) is 74.0. The van der Waals surface area contributed by atoms with Crippen molar-refractivity contribution in [2.45, 2.75) is 146 Å². The topological polar surface area (TPSA) is 27.7 Å². The van der Waals surface area contributed by atoms with E-state index in [0.29, 0.717) is 72.8 Å². The average molecular weight is 1350 g/mol. The Morgan fingerprint density at radius 1 is 0.212 bits per heavy atom. The summed E-state index contributed by atoms with van der Waals surface area (Å²) in [5.41, 5.74) is -2.34. The molecule has 0 aliphatic heterocycles. The van der Waals surface area contributed by atoms with Crippen LogP contribution in [0.5, 0.6) is 17.2 Å². The van der Waals surface area contributed by atoms with Gasteiger partial charge in [0.2, 0.25) is 0 Å². The molecule has 43 heteroatoms. The van der Waals surface area contributed by atoms with Gasteiger partial charge in [-0.1, -0.05) is 36.4 Å². The predicted octanol–water partition coefficient (Wildman–Crippen LogP) is 19.5. The van der Waals surface area contributed by atoms with Gasteiger partial charge in [0, 0.05) is 19.3 Å². The molecule has 0 amide bonds. The van der Waals surface area contributed by atoms with Crippen molar-refractivity contribution in [2.75, 3.05) is 0 Å². The van der Waals surface area contributed by atoms with Crippen molar-refractivity contribution in [3.63, 3.8) is 0 Å². The lowest BCUT2D eigenvalue weighted by Gasteiger charge is -2.39. The lowest BCUT2D eigenvalue weighted by molar-refractivity contribution is -0.440. The number of halogens is 39. The molecular formula is C42H24F39O3P. The first-order chi connectivity index (χ1) is 37.4. The van der Waals surface area contributed by atoms with Crippen molar-refractivity contribution in [2.24, 2.45) is 0 Å². The number of aryl methyl sites for hydroxylation is 3. The molecule has 0 aromatic heterocycles. The molecule has 0 radical (unpaired) electrons. The van der Waals surface area contributed by atoms with Gasteiger partial charge in [0.25, 0.3) is 0 Å². The standard InChI is InChI=1S/C42H24F39O3P/c43-25(44,28(49,50)31(55,56)34(61,62)37(67,68)40(73,74)75)16-13-19-1-7-22(8-2-19)82-85(83-23-9-3-20(4-10-23)14-17-26(45,46)29(51,52)32(57,58)35(63,64)38(69,70)41(76,77)78)84-24-11-5-21(6-12-24)15-18-27(47,48)30(53,54)33(59,60)36(65,66)39(71,72)42(79,80)81/h1-12H,13-18H2. The summed E-state index contributed by atoms with van der Waals surface area (Å²) in [4.78, 5) is 0. The van der Waals surface area contributed by atoms with E-state index in [4.69, 9.17) is 13.6 Å². The second-order valence-electron chi connectivity index (χ2n) is 17.4. The van der Waals surface area contributed by atoms with E-state index >= 15 is 0 Å². The number of hydrogen-bond donors (Lipinski definition) is 0. The molecular weight excluding hydrogens is 1320 g/mol. The zero-order chi connectivity index (χ0) is 66.9. The van der Waals surface area contributed by atoms with Gasteiger partial charge in [0.05, 0.1) is 0 Å². The molecule has 3 nitrogen and oxygen atoms in total. The highest BCUT2D eigenvalue weighted by molar-refractivity contribution is 7.43. The molecule has 3 rings (SSSR count). The van der Waals surface area contributed by atoms with Crippen molar-refractivity contribution in [1.29, 1.82) is 0 Å².